The Balaban J connectivity index is 1.32. The van der Waals surface area contributed by atoms with E-state index in [-0.39, 0.29) is 29.1 Å². The van der Waals surface area contributed by atoms with Crippen LogP contribution in [0.15, 0.2) is 42.6 Å². The Morgan fingerprint density at radius 3 is 2.76 bits per heavy atom. The average molecular weight is 458 g/mol. The first-order chi connectivity index (χ1) is 16.6. The number of fused-ring (bicyclic) bond motifs is 4. The summed E-state index contributed by atoms with van der Waals surface area (Å²) in [7, 11) is 0. The van der Waals surface area contributed by atoms with Crippen LogP contribution in [0, 0.1) is 5.92 Å². The molecule has 2 fully saturated rings. The summed E-state index contributed by atoms with van der Waals surface area (Å²) in [6, 6.07) is 12.2. The van der Waals surface area contributed by atoms with Crippen molar-refractivity contribution in [3.8, 4) is 0 Å². The molecule has 1 aromatic carbocycles. The number of aromatic nitrogens is 3. The van der Waals surface area contributed by atoms with E-state index in [1.807, 2.05) is 24.3 Å². The lowest BCUT2D eigenvalue weighted by molar-refractivity contribution is -0.121. The Hall–Kier alpha value is -3.06. The van der Waals surface area contributed by atoms with Crippen LogP contribution in [-0.2, 0) is 10.3 Å². The van der Waals surface area contributed by atoms with Crippen molar-refractivity contribution in [1.29, 1.82) is 0 Å². The second-order valence-electron chi connectivity index (χ2n) is 10.2. The quantitative estimate of drug-likeness (QED) is 0.609. The fourth-order valence-electron chi connectivity index (χ4n) is 6.44. The summed E-state index contributed by atoms with van der Waals surface area (Å²) < 4.78 is 2.19. The SMILES string of the molecule is O=C1CCC2(CCCCC2)n2c1cc1cnc(NC(=O)C3CNCCC3c3ccccc3)nc12. The number of carbonyl (C=O) groups is 2. The number of benzene rings is 1. The van der Waals surface area contributed by atoms with Gasteiger partial charge in [-0.2, -0.15) is 4.98 Å². The molecule has 3 aromatic rings. The number of hydrogen-bond donors (Lipinski definition) is 2. The number of carbonyl (C=O) groups excluding carboxylic acids is 2. The summed E-state index contributed by atoms with van der Waals surface area (Å²) in [5, 5.41) is 7.24. The van der Waals surface area contributed by atoms with Gasteiger partial charge >= 0.3 is 0 Å². The maximum atomic E-state index is 13.4. The third kappa shape index (κ3) is 3.63. The highest BCUT2D eigenvalue weighted by Gasteiger charge is 2.41. The van der Waals surface area contributed by atoms with Crippen LogP contribution in [0.25, 0.3) is 11.0 Å². The standard InChI is InChI=1S/C27H31N5O2/c33-23-9-13-27(11-5-2-6-12-27)32-22(23)15-19-16-29-26(30-24(19)32)31-25(34)21-17-28-14-10-20(21)18-7-3-1-4-8-18/h1,3-4,7-8,15-16,20-21,28H,2,5-6,9-14,17H2,(H,29,30,31,34). The van der Waals surface area contributed by atoms with Crippen LogP contribution in [0.1, 0.15) is 73.3 Å². The van der Waals surface area contributed by atoms with Crippen molar-refractivity contribution in [2.75, 3.05) is 18.4 Å². The molecule has 1 saturated heterocycles. The minimum absolute atomic E-state index is 0.0371. The summed E-state index contributed by atoms with van der Waals surface area (Å²) in [5.41, 5.74) is 2.68. The first-order valence-electron chi connectivity index (χ1n) is 12.6. The molecule has 34 heavy (non-hydrogen) atoms. The molecule has 6 rings (SSSR count). The van der Waals surface area contributed by atoms with Crippen molar-refractivity contribution in [3.05, 3.63) is 53.9 Å². The molecule has 4 heterocycles. The predicted molar refractivity (Wildman–Crippen MR) is 131 cm³/mol. The molecule has 1 saturated carbocycles. The lowest BCUT2D eigenvalue weighted by Crippen LogP contribution is -2.42. The van der Waals surface area contributed by atoms with E-state index in [2.05, 4.69) is 32.3 Å². The lowest BCUT2D eigenvalue weighted by atomic mass is 9.75. The van der Waals surface area contributed by atoms with Crippen molar-refractivity contribution in [3.63, 3.8) is 0 Å². The Labute approximate surface area is 199 Å². The second kappa shape index (κ2) is 8.62. The summed E-state index contributed by atoms with van der Waals surface area (Å²) in [4.78, 5) is 35.4. The molecule has 2 atom stereocenters. The number of piperidine rings is 1. The van der Waals surface area contributed by atoms with Crippen molar-refractivity contribution in [2.24, 2.45) is 5.92 Å². The van der Waals surface area contributed by atoms with Crippen molar-refractivity contribution in [1.82, 2.24) is 19.9 Å². The molecule has 0 radical (unpaired) electrons. The van der Waals surface area contributed by atoms with Crippen molar-refractivity contribution < 1.29 is 9.59 Å². The van der Waals surface area contributed by atoms with Crippen LogP contribution >= 0.6 is 0 Å². The van der Waals surface area contributed by atoms with Gasteiger partial charge in [-0.25, -0.2) is 4.98 Å². The smallest absolute Gasteiger partial charge is 0.231 e. The Morgan fingerprint density at radius 1 is 1.12 bits per heavy atom. The number of hydrogen-bond acceptors (Lipinski definition) is 5. The zero-order chi connectivity index (χ0) is 23.1. The van der Waals surface area contributed by atoms with Crippen LogP contribution in [0.3, 0.4) is 0 Å². The minimum Gasteiger partial charge on any atom is -0.316 e. The van der Waals surface area contributed by atoms with Gasteiger partial charge in [0.05, 0.1) is 11.6 Å². The van der Waals surface area contributed by atoms with E-state index in [1.54, 1.807) is 6.20 Å². The van der Waals surface area contributed by atoms with E-state index in [9.17, 15) is 9.59 Å². The van der Waals surface area contributed by atoms with Gasteiger partial charge in [-0.15, -0.1) is 0 Å². The van der Waals surface area contributed by atoms with Gasteiger partial charge in [-0.05, 0) is 49.8 Å². The van der Waals surface area contributed by atoms with Gasteiger partial charge in [0, 0.05) is 30.1 Å². The maximum absolute atomic E-state index is 13.4. The van der Waals surface area contributed by atoms with Crippen LogP contribution in [0.5, 0.6) is 0 Å². The number of amides is 1. The molecule has 1 amide bonds. The van der Waals surface area contributed by atoms with Crippen LogP contribution in [0.2, 0.25) is 0 Å². The molecular weight excluding hydrogens is 426 g/mol. The highest BCUT2D eigenvalue weighted by Crippen LogP contribution is 2.45. The topological polar surface area (TPSA) is 88.9 Å². The van der Waals surface area contributed by atoms with E-state index in [0.717, 1.165) is 49.0 Å². The highest BCUT2D eigenvalue weighted by atomic mass is 16.2. The molecule has 2 unspecified atom stereocenters. The van der Waals surface area contributed by atoms with Gasteiger partial charge in [0.15, 0.2) is 5.78 Å². The van der Waals surface area contributed by atoms with Gasteiger partial charge in [-0.3, -0.25) is 14.9 Å². The zero-order valence-electron chi connectivity index (χ0n) is 19.4. The molecule has 7 heteroatoms. The molecule has 176 valence electrons. The largest absolute Gasteiger partial charge is 0.316 e. The fourth-order valence-corrected chi connectivity index (χ4v) is 6.44. The lowest BCUT2D eigenvalue weighted by Gasteiger charge is -2.42. The number of nitrogens with zero attached hydrogens (tertiary/aromatic N) is 3. The number of ketones is 1. The average Bonchev–Trinajstić information content (AvgIpc) is 3.28. The fraction of sp³-hybridized carbons (Fsp3) is 0.481. The molecular formula is C27H31N5O2. The minimum atomic E-state index is -0.192. The third-order valence-electron chi connectivity index (χ3n) is 8.18. The molecule has 0 bridgehead atoms. The summed E-state index contributed by atoms with van der Waals surface area (Å²) in [6.07, 6.45) is 9.90. The second-order valence-corrected chi connectivity index (χ2v) is 10.2. The summed E-state index contributed by atoms with van der Waals surface area (Å²) in [6.45, 7) is 1.53. The van der Waals surface area contributed by atoms with E-state index in [0.29, 0.717) is 18.9 Å². The first-order valence-corrected chi connectivity index (χ1v) is 12.6. The zero-order valence-corrected chi connectivity index (χ0v) is 19.4. The van der Waals surface area contributed by atoms with Crippen molar-refractivity contribution in [2.45, 2.75) is 62.8 Å². The number of anilines is 1. The summed E-state index contributed by atoms with van der Waals surface area (Å²) in [5.74, 6) is 0.408. The van der Waals surface area contributed by atoms with Crippen LogP contribution in [-0.4, -0.2) is 39.3 Å². The molecule has 2 aromatic heterocycles. The molecule has 3 aliphatic rings. The van der Waals surface area contributed by atoms with Gasteiger partial charge < -0.3 is 9.88 Å². The van der Waals surface area contributed by atoms with E-state index in [1.165, 1.54) is 24.8 Å². The van der Waals surface area contributed by atoms with Gasteiger partial charge in [0.25, 0.3) is 0 Å². The maximum Gasteiger partial charge on any atom is 0.231 e. The van der Waals surface area contributed by atoms with Crippen LogP contribution in [0.4, 0.5) is 5.95 Å². The predicted octanol–water partition coefficient (Wildman–Crippen LogP) is 4.40. The van der Waals surface area contributed by atoms with E-state index >= 15 is 0 Å². The number of rotatable bonds is 3. The molecule has 1 aliphatic carbocycles. The Bertz CT molecular complexity index is 1230. The van der Waals surface area contributed by atoms with Gasteiger partial charge in [-0.1, -0.05) is 49.6 Å². The normalized spacial score (nSPS) is 24.2. The first kappa shape index (κ1) is 21.5. The van der Waals surface area contributed by atoms with Crippen molar-refractivity contribution >= 4 is 28.7 Å². The highest BCUT2D eigenvalue weighted by molar-refractivity contribution is 6.01. The molecule has 2 N–H and O–H groups in total. The summed E-state index contributed by atoms with van der Waals surface area (Å²) >= 11 is 0. The molecule has 2 aliphatic heterocycles. The molecule has 7 nitrogen and oxygen atoms in total. The number of Topliss-reactive ketones (excluding diaryl/α,β-unsaturated/α-hetero) is 1. The number of nitrogens with one attached hydrogen (secondary N) is 2. The monoisotopic (exact) mass is 457 g/mol. The Kier molecular flexibility index (Phi) is 5.44. The van der Waals surface area contributed by atoms with Gasteiger partial charge in [0.2, 0.25) is 11.9 Å². The third-order valence-corrected chi connectivity index (χ3v) is 8.18. The van der Waals surface area contributed by atoms with Crippen LogP contribution < -0.4 is 10.6 Å². The van der Waals surface area contributed by atoms with E-state index < -0.39 is 0 Å². The Morgan fingerprint density at radius 2 is 1.94 bits per heavy atom. The van der Waals surface area contributed by atoms with Gasteiger partial charge in [0.1, 0.15) is 5.65 Å². The molecule has 1 spiro atoms. The van der Waals surface area contributed by atoms with E-state index in [4.69, 9.17) is 4.98 Å².